The van der Waals surface area contributed by atoms with Gasteiger partial charge in [0, 0.05) is 5.69 Å². The Labute approximate surface area is 93.8 Å². The summed E-state index contributed by atoms with van der Waals surface area (Å²) >= 11 is 0. The van der Waals surface area contributed by atoms with E-state index in [9.17, 15) is 9.59 Å². The number of nitrogens with zero attached hydrogens (tertiary/aromatic N) is 1. The first kappa shape index (κ1) is 10.7. The van der Waals surface area contributed by atoms with Gasteiger partial charge in [-0.05, 0) is 25.5 Å². The Bertz CT molecular complexity index is 454. The lowest BCUT2D eigenvalue weighted by atomic mass is 10.1. The van der Waals surface area contributed by atoms with Crippen LogP contribution in [0.15, 0.2) is 18.2 Å². The summed E-state index contributed by atoms with van der Waals surface area (Å²) < 4.78 is 4.68. The van der Waals surface area contributed by atoms with Gasteiger partial charge in [0.05, 0.1) is 6.54 Å². The van der Waals surface area contributed by atoms with Crippen LogP contribution in [-0.4, -0.2) is 25.0 Å². The van der Waals surface area contributed by atoms with Gasteiger partial charge < -0.3 is 4.74 Å². The van der Waals surface area contributed by atoms with Gasteiger partial charge in [0.1, 0.15) is 6.61 Å². The van der Waals surface area contributed by atoms with Crippen LogP contribution in [0.4, 0.5) is 5.69 Å². The second-order valence-corrected chi connectivity index (χ2v) is 3.88. The van der Waals surface area contributed by atoms with Crippen LogP contribution >= 0.6 is 0 Å². The highest BCUT2D eigenvalue weighted by atomic mass is 16.5. The van der Waals surface area contributed by atoms with Crippen LogP contribution in [0.3, 0.4) is 0 Å². The number of hydrogen-bond acceptors (Lipinski definition) is 3. The van der Waals surface area contributed by atoms with Crippen LogP contribution in [-0.2, 0) is 14.3 Å². The molecule has 0 aliphatic carbocycles. The number of carbonyl (C=O) groups excluding carboxylic acids is 2. The number of cyclic esters (lactones) is 1. The van der Waals surface area contributed by atoms with E-state index in [1.54, 1.807) is 0 Å². The van der Waals surface area contributed by atoms with Gasteiger partial charge in [0.2, 0.25) is 0 Å². The number of ether oxygens (including phenoxy) is 1. The van der Waals surface area contributed by atoms with Gasteiger partial charge in [-0.25, -0.2) is 4.79 Å². The van der Waals surface area contributed by atoms with Crippen molar-refractivity contribution in [3.05, 3.63) is 29.3 Å². The second kappa shape index (κ2) is 3.96. The Morgan fingerprint density at radius 1 is 1.25 bits per heavy atom. The van der Waals surface area contributed by atoms with Gasteiger partial charge >= 0.3 is 11.9 Å². The normalized spacial score (nSPS) is 16.2. The van der Waals surface area contributed by atoms with E-state index in [1.807, 2.05) is 32.0 Å². The minimum atomic E-state index is -0.772. The fourth-order valence-corrected chi connectivity index (χ4v) is 1.84. The quantitative estimate of drug-likeness (QED) is 0.526. The molecule has 4 heteroatoms. The topological polar surface area (TPSA) is 46.6 Å². The van der Waals surface area contributed by atoms with Crippen molar-refractivity contribution in [2.45, 2.75) is 13.8 Å². The van der Waals surface area contributed by atoms with E-state index in [-0.39, 0.29) is 6.61 Å². The van der Waals surface area contributed by atoms with Crippen molar-refractivity contribution in [2.24, 2.45) is 0 Å². The highest BCUT2D eigenvalue weighted by molar-refractivity contribution is 6.38. The summed E-state index contributed by atoms with van der Waals surface area (Å²) in [5.74, 6) is -1.36. The molecule has 0 atom stereocenters. The van der Waals surface area contributed by atoms with E-state index < -0.39 is 11.9 Å². The Hall–Kier alpha value is -1.84. The van der Waals surface area contributed by atoms with Gasteiger partial charge in [0.15, 0.2) is 0 Å². The standard InChI is InChI=1S/C12H13NO3/c1-8-3-4-10(9(2)7-8)13-5-6-16-12(15)11(13)14/h3-4,7H,5-6H2,1-2H3. The monoisotopic (exact) mass is 219 g/mol. The van der Waals surface area contributed by atoms with Crippen LogP contribution in [0, 0.1) is 13.8 Å². The molecule has 1 aliphatic rings. The minimum absolute atomic E-state index is 0.262. The van der Waals surface area contributed by atoms with Crippen LogP contribution in [0.1, 0.15) is 11.1 Å². The molecule has 0 spiro atoms. The van der Waals surface area contributed by atoms with E-state index in [4.69, 9.17) is 0 Å². The molecule has 4 nitrogen and oxygen atoms in total. The van der Waals surface area contributed by atoms with E-state index >= 15 is 0 Å². The number of esters is 1. The van der Waals surface area contributed by atoms with Crippen LogP contribution in [0.5, 0.6) is 0 Å². The molecule has 0 bridgehead atoms. The first-order valence-electron chi connectivity index (χ1n) is 5.15. The second-order valence-electron chi connectivity index (χ2n) is 3.88. The van der Waals surface area contributed by atoms with Crippen molar-refractivity contribution in [3.8, 4) is 0 Å². The number of anilines is 1. The van der Waals surface area contributed by atoms with Gasteiger partial charge in [-0.3, -0.25) is 9.69 Å². The lowest BCUT2D eigenvalue weighted by molar-refractivity contribution is -0.156. The zero-order valence-electron chi connectivity index (χ0n) is 9.32. The SMILES string of the molecule is Cc1ccc(N2CCOC(=O)C2=O)c(C)c1. The molecule has 1 aliphatic heterocycles. The van der Waals surface area contributed by atoms with E-state index in [1.165, 1.54) is 4.90 Å². The number of morpholine rings is 1. The zero-order chi connectivity index (χ0) is 11.7. The van der Waals surface area contributed by atoms with Crippen molar-refractivity contribution in [1.82, 2.24) is 0 Å². The van der Waals surface area contributed by atoms with E-state index in [2.05, 4.69) is 4.74 Å². The Morgan fingerprint density at radius 3 is 2.69 bits per heavy atom. The van der Waals surface area contributed by atoms with Crippen molar-refractivity contribution in [3.63, 3.8) is 0 Å². The highest BCUT2D eigenvalue weighted by Gasteiger charge is 2.29. The predicted octanol–water partition coefficient (Wildman–Crippen LogP) is 1.19. The number of amides is 1. The minimum Gasteiger partial charge on any atom is -0.457 e. The van der Waals surface area contributed by atoms with Crippen molar-refractivity contribution in [2.75, 3.05) is 18.1 Å². The van der Waals surface area contributed by atoms with Crippen LogP contribution in [0.2, 0.25) is 0 Å². The lowest BCUT2D eigenvalue weighted by Crippen LogP contribution is -2.45. The summed E-state index contributed by atoms with van der Waals surface area (Å²) in [6.45, 7) is 4.60. The molecule has 0 aromatic heterocycles. The molecule has 1 fully saturated rings. The molecule has 1 amide bonds. The first-order chi connectivity index (χ1) is 7.59. The maximum Gasteiger partial charge on any atom is 0.397 e. The Balaban J connectivity index is 2.36. The van der Waals surface area contributed by atoms with E-state index in [0.29, 0.717) is 6.54 Å². The van der Waals surface area contributed by atoms with Crippen molar-refractivity contribution in [1.29, 1.82) is 0 Å². The van der Waals surface area contributed by atoms with Crippen molar-refractivity contribution >= 4 is 17.6 Å². The molecule has 1 heterocycles. The molecular formula is C12H13NO3. The number of rotatable bonds is 1. The summed E-state index contributed by atoms with van der Waals surface area (Å²) in [4.78, 5) is 24.2. The van der Waals surface area contributed by atoms with Crippen molar-refractivity contribution < 1.29 is 14.3 Å². The Kier molecular flexibility index (Phi) is 2.64. The third-order valence-electron chi connectivity index (χ3n) is 2.61. The molecule has 0 N–H and O–H groups in total. The summed E-state index contributed by atoms with van der Waals surface area (Å²) in [6, 6.07) is 5.78. The molecule has 0 saturated carbocycles. The average molecular weight is 219 g/mol. The molecule has 1 aromatic carbocycles. The number of aryl methyl sites for hydroxylation is 2. The predicted molar refractivity (Wildman–Crippen MR) is 59.2 cm³/mol. The fraction of sp³-hybridized carbons (Fsp3) is 0.333. The molecule has 84 valence electrons. The third kappa shape index (κ3) is 1.78. The zero-order valence-corrected chi connectivity index (χ0v) is 9.32. The van der Waals surface area contributed by atoms with Gasteiger partial charge in [-0.2, -0.15) is 0 Å². The van der Waals surface area contributed by atoms with Gasteiger partial charge in [0.25, 0.3) is 0 Å². The summed E-state index contributed by atoms with van der Waals surface area (Å²) in [7, 11) is 0. The molecule has 1 saturated heterocycles. The number of carbonyl (C=O) groups is 2. The van der Waals surface area contributed by atoms with Gasteiger partial charge in [-0.15, -0.1) is 0 Å². The maximum absolute atomic E-state index is 11.6. The molecule has 1 aromatic rings. The first-order valence-corrected chi connectivity index (χ1v) is 5.15. The highest BCUT2D eigenvalue weighted by Crippen LogP contribution is 2.22. The summed E-state index contributed by atoms with van der Waals surface area (Å²) in [6.07, 6.45) is 0. The largest absolute Gasteiger partial charge is 0.457 e. The summed E-state index contributed by atoms with van der Waals surface area (Å²) in [5, 5.41) is 0. The van der Waals surface area contributed by atoms with E-state index in [0.717, 1.165) is 16.8 Å². The number of benzene rings is 1. The molecule has 2 rings (SSSR count). The average Bonchev–Trinajstić information content (AvgIpc) is 2.23. The molecular weight excluding hydrogens is 206 g/mol. The fourth-order valence-electron chi connectivity index (χ4n) is 1.84. The van der Waals surface area contributed by atoms with Gasteiger partial charge in [-0.1, -0.05) is 17.7 Å². The maximum atomic E-state index is 11.6. The van der Waals surface area contributed by atoms with Crippen LogP contribution < -0.4 is 4.90 Å². The smallest absolute Gasteiger partial charge is 0.397 e. The summed E-state index contributed by atoms with van der Waals surface area (Å²) in [5.41, 5.74) is 2.91. The lowest BCUT2D eigenvalue weighted by Gasteiger charge is -2.27. The Morgan fingerprint density at radius 2 is 2.00 bits per heavy atom. The molecule has 16 heavy (non-hydrogen) atoms. The molecule has 0 unspecified atom stereocenters. The molecule has 0 radical (unpaired) electrons. The third-order valence-corrected chi connectivity index (χ3v) is 2.61. The van der Waals surface area contributed by atoms with Crippen LogP contribution in [0.25, 0.3) is 0 Å². The number of hydrogen-bond donors (Lipinski definition) is 0.